The van der Waals surface area contributed by atoms with Crippen molar-refractivity contribution in [3.63, 3.8) is 0 Å². The predicted molar refractivity (Wildman–Crippen MR) is 90.9 cm³/mol. The number of amides is 1. The maximum absolute atomic E-state index is 13.4. The zero-order chi connectivity index (χ0) is 18.2. The number of hydrogen-bond acceptors (Lipinski definition) is 4. The summed E-state index contributed by atoms with van der Waals surface area (Å²) in [7, 11) is 0. The second-order valence-corrected chi connectivity index (χ2v) is 5.19. The average molecular weight is 338 g/mol. The largest absolute Gasteiger partial charge is 0.452 e. The van der Waals surface area contributed by atoms with E-state index in [4.69, 9.17) is 10.00 Å². The van der Waals surface area contributed by atoms with Crippen LogP contribution in [0.25, 0.3) is 6.08 Å². The van der Waals surface area contributed by atoms with Crippen LogP contribution in [0.1, 0.15) is 16.7 Å². The van der Waals surface area contributed by atoms with E-state index in [1.807, 2.05) is 6.07 Å². The molecule has 0 saturated carbocycles. The summed E-state index contributed by atoms with van der Waals surface area (Å²) in [6, 6.07) is 12.9. The summed E-state index contributed by atoms with van der Waals surface area (Å²) in [6.45, 7) is 1.13. The Morgan fingerprint density at radius 2 is 1.96 bits per heavy atom. The molecule has 1 amide bonds. The number of carbonyl (C=O) groups excluding carboxylic acids is 2. The van der Waals surface area contributed by atoms with Gasteiger partial charge >= 0.3 is 5.97 Å². The summed E-state index contributed by atoms with van der Waals surface area (Å²) >= 11 is 0. The monoisotopic (exact) mass is 338 g/mol. The van der Waals surface area contributed by atoms with Gasteiger partial charge in [0.2, 0.25) is 0 Å². The molecule has 2 aromatic carbocycles. The molecule has 126 valence electrons. The molecule has 0 saturated heterocycles. The Bertz CT molecular complexity index is 852. The lowest BCUT2D eigenvalue weighted by Crippen LogP contribution is -2.20. The van der Waals surface area contributed by atoms with E-state index < -0.39 is 24.3 Å². The van der Waals surface area contributed by atoms with Gasteiger partial charge in [0.25, 0.3) is 5.91 Å². The molecule has 0 atom stereocenters. The van der Waals surface area contributed by atoms with E-state index in [1.54, 1.807) is 37.3 Å². The summed E-state index contributed by atoms with van der Waals surface area (Å²) in [6.07, 6.45) is 2.69. The minimum atomic E-state index is -0.686. The molecule has 0 aliphatic carbocycles. The number of esters is 1. The minimum Gasteiger partial charge on any atom is -0.452 e. The zero-order valence-corrected chi connectivity index (χ0v) is 13.5. The molecular formula is C19H15FN2O3. The number of nitrogens with one attached hydrogen (secondary N) is 1. The summed E-state index contributed by atoms with van der Waals surface area (Å²) in [5.41, 5.74) is 1.99. The Labute approximate surface area is 144 Å². The predicted octanol–water partition coefficient (Wildman–Crippen LogP) is 3.20. The van der Waals surface area contributed by atoms with Gasteiger partial charge in [0, 0.05) is 11.8 Å². The van der Waals surface area contributed by atoms with Crippen LogP contribution < -0.4 is 5.32 Å². The van der Waals surface area contributed by atoms with Crippen molar-refractivity contribution < 1.29 is 18.7 Å². The van der Waals surface area contributed by atoms with Crippen LogP contribution in [-0.2, 0) is 14.3 Å². The van der Waals surface area contributed by atoms with Gasteiger partial charge in [-0.05, 0) is 48.4 Å². The smallest absolute Gasteiger partial charge is 0.331 e. The van der Waals surface area contributed by atoms with E-state index >= 15 is 0 Å². The molecule has 0 bridgehead atoms. The van der Waals surface area contributed by atoms with E-state index in [0.29, 0.717) is 11.1 Å². The number of aryl methyl sites for hydroxylation is 1. The quantitative estimate of drug-likeness (QED) is 0.671. The van der Waals surface area contributed by atoms with Crippen molar-refractivity contribution in [1.82, 2.24) is 0 Å². The fourth-order valence-electron chi connectivity index (χ4n) is 1.89. The first-order chi connectivity index (χ1) is 12.0. The van der Waals surface area contributed by atoms with Gasteiger partial charge in [-0.1, -0.05) is 18.2 Å². The number of anilines is 1. The lowest BCUT2D eigenvalue weighted by molar-refractivity contribution is -0.142. The topological polar surface area (TPSA) is 79.2 Å². The first-order valence-electron chi connectivity index (χ1n) is 7.39. The van der Waals surface area contributed by atoms with Crippen LogP contribution in [0.2, 0.25) is 0 Å². The Morgan fingerprint density at radius 1 is 1.24 bits per heavy atom. The lowest BCUT2D eigenvalue weighted by atomic mass is 10.1. The van der Waals surface area contributed by atoms with E-state index in [2.05, 4.69) is 5.32 Å². The van der Waals surface area contributed by atoms with E-state index in [-0.39, 0.29) is 5.69 Å². The van der Waals surface area contributed by atoms with Gasteiger partial charge < -0.3 is 10.1 Å². The van der Waals surface area contributed by atoms with Crippen molar-refractivity contribution in [3.8, 4) is 6.07 Å². The molecule has 0 spiro atoms. The molecule has 2 aromatic rings. The van der Waals surface area contributed by atoms with Crippen molar-refractivity contribution in [2.45, 2.75) is 6.92 Å². The van der Waals surface area contributed by atoms with Crippen LogP contribution in [0.15, 0.2) is 48.5 Å². The summed E-state index contributed by atoms with van der Waals surface area (Å²) in [4.78, 5) is 23.3. The van der Waals surface area contributed by atoms with E-state index in [9.17, 15) is 14.0 Å². The summed E-state index contributed by atoms with van der Waals surface area (Å²) in [5.74, 6) is -1.68. The van der Waals surface area contributed by atoms with Crippen molar-refractivity contribution in [2.24, 2.45) is 0 Å². The highest BCUT2D eigenvalue weighted by atomic mass is 19.1. The minimum absolute atomic E-state index is 0.289. The van der Waals surface area contributed by atoms with Crippen LogP contribution in [-0.4, -0.2) is 18.5 Å². The Morgan fingerprint density at radius 3 is 2.60 bits per heavy atom. The summed E-state index contributed by atoms with van der Waals surface area (Å²) in [5, 5.41) is 11.1. The second kappa shape index (κ2) is 8.41. The Hall–Kier alpha value is -3.46. The van der Waals surface area contributed by atoms with Crippen LogP contribution >= 0.6 is 0 Å². The van der Waals surface area contributed by atoms with Crippen molar-refractivity contribution in [3.05, 3.63) is 71.0 Å². The molecule has 1 N–H and O–H groups in total. The van der Waals surface area contributed by atoms with Gasteiger partial charge in [-0.25, -0.2) is 9.18 Å². The van der Waals surface area contributed by atoms with Crippen molar-refractivity contribution in [1.29, 1.82) is 5.26 Å². The van der Waals surface area contributed by atoms with Crippen LogP contribution in [0.4, 0.5) is 10.1 Å². The van der Waals surface area contributed by atoms with Crippen molar-refractivity contribution in [2.75, 3.05) is 11.9 Å². The standard InChI is InChI=1S/C19H15FN2O3/c1-13-2-8-16(10-17(13)20)22-18(23)12-25-19(24)9-7-14-3-5-15(11-21)6-4-14/h2-10H,12H2,1H3,(H,22,23)/b9-7+. The average Bonchev–Trinajstić information content (AvgIpc) is 2.61. The molecule has 5 nitrogen and oxygen atoms in total. The number of nitrogens with zero attached hydrogens (tertiary/aromatic N) is 1. The van der Waals surface area contributed by atoms with Crippen LogP contribution in [0, 0.1) is 24.1 Å². The van der Waals surface area contributed by atoms with Crippen molar-refractivity contribution >= 4 is 23.6 Å². The number of rotatable bonds is 5. The molecular weight excluding hydrogens is 323 g/mol. The third-order valence-corrected chi connectivity index (χ3v) is 3.25. The number of halogens is 1. The number of nitriles is 1. The Kier molecular flexibility index (Phi) is 6.02. The second-order valence-electron chi connectivity index (χ2n) is 5.19. The molecule has 6 heteroatoms. The molecule has 0 heterocycles. The van der Waals surface area contributed by atoms with Gasteiger partial charge in [-0.15, -0.1) is 0 Å². The molecule has 25 heavy (non-hydrogen) atoms. The Balaban J connectivity index is 1.82. The SMILES string of the molecule is Cc1ccc(NC(=O)COC(=O)/C=C/c2ccc(C#N)cc2)cc1F. The van der Waals surface area contributed by atoms with E-state index in [1.165, 1.54) is 24.3 Å². The molecule has 0 fully saturated rings. The highest BCUT2D eigenvalue weighted by Crippen LogP contribution is 2.13. The number of carbonyl (C=O) groups is 2. The summed E-state index contributed by atoms with van der Waals surface area (Å²) < 4.78 is 18.2. The van der Waals surface area contributed by atoms with Gasteiger partial charge in [0.15, 0.2) is 6.61 Å². The van der Waals surface area contributed by atoms with Gasteiger partial charge in [0.05, 0.1) is 11.6 Å². The fraction of sp³-hybridized carbons (Fsp3) is 0.105. The third kappa shape index (κ3) is 5.59. The molecule has 2 rings (SSSR count). The fourth-order valence-corrected chi connectivity index (χ4v) is 1.89. The molecule has 0 aliphatic rings. The number of benzene rings is 2. The molecule has 0 aromatic heterocycles. The zero-order valence-electron chi connectivity index (χ0n) is 13.5. The molecule has 0 radical (unpaired) electrons. The maximum atomic E-state index is 13.4. The van der Waals surface area contributed by atoms with Gasteiger partial charge in [-0.2, -0.15) is 5.26 Å². The number of ether oxygens (including phenoxy) is 1. The van der Waals surface area contributed by atoms with Crippen LogP contribution in [0.3, 0.4) is 0 Å². The lowest BCUT2D eigenvalue weighted by Gasteiger charge is -2.06. The first kappa shape index (κ1) is 17.9. The van der Waals surface area contributed by atoms with Gasteiger partial charge in [0.1, 0.15) is 5.82 Å². The molecule has 0 unspecified atom stereocenters. The first-order valence-corrected chi connectivity index (χ1v) is 7.39. The highest BCUT2D eigenvalue weighted by molar-refractivity contribution is 5.94. The number of hydrogen-bond donors (Lipinski definition) is 1. The maximum Gasteiger partial charge on any atom is 0.331 e. The molecule has 0 aliphatic heterocycles. The normalized spacial score (nSPS) is 10.3. The van der Waals surface area contributed by atoms with Crippen LogP contribution in [0.5, 0.6) is 0 Å². The third-order valence-electron chi connectivity index (χ3n) is 3.25. The highest BCUT2D eigenvalue weighted by Gasteiger charge is 2.07. The van der Waals surface area contributed by atoms with Gasteiger partial charge in [-0.3, -0.25) is 4.79 Å². The van der Waals surface area contributed by atoms with E-state index in [0.717, 1.165) is 5.56 Å².